The Kier molecular flexibility index (Phi) is 6.52. The summed E-state index contributed by atoms with van der Waals surface area (Å²) in [7, 11) is 0. The Morgan fingerprint density at radius 2 is 1.84 bits per heavy atom. The fourth-order valence-electron chi connectivity index (χ4n) is 3.07. The highest BCUT2D eigenvalue weighted by Crippen LogP contribution is 2.28. The topological polar surface area (TPSA) is 34.4 Å². The summed E-state index contributed by atoms with van der Waals surface area (Å²) in [4.78, 5) is 0. The summed E-state index contributed by atoms with van der Waals surface area (Å²) in [5.74, 6) is 1.93. The highest BCUT2D eigenvalue weighted by Gasteiger charge is 2.09. The number of hydrogen-bond acceptors (Lipinski definition) is 3. The van der Waals surface area contributed by atoms with Gasteiger partial charge in [-0.1, -0.05) is 56.5 Å². The highest BCUT2D eigenvalue weighted by molar-refractivity contribution is 5.87. The van der Waals surface area contributed by atoms with Crippen LogP contribution in [0.2, 0.25) is 0 Å². The first-order chi connectivity index (χ1) is 12.4. The lowest BCUT2D eigenvalue weighted by Crippen LogP contribution is -2.14. The van der Waals surface area contributed by atoms with Crippen molar-refractivity contribution in [2.45, 2.75) is 45.7 Å². The Balaban J connectivity index is 1.70. The molecule has 25 heavy (non-hydrogen) atoms. The van der Waals surface area contributed by atoms with E-state index in [1.165, 1.54) is 35.6 Å². The number of nitrogens with one attached hydrogen (secondary N) is 1. The van der Waals surface area contributed by atoms with Gasteiger partial charge in [0.1, 0.15) is 11.5 Å². The van der Waals surface area contributed by atoms with Crippen LogP contribution < -0.4 is 10.1 Å². The standard InChI is InChI=1S/C22H27NO2/c1-2-3-4-7-14-25-22-13-12-18-9-5-6-11-20(18)21(22)17-23-16-19-10-8-15-24-19/h5-6,8-13,15,23H,2-4,7,14,16-17H2,1H3. The Bertz CT molecular complexity index is 765. The molecule has 0 saturated heterocycles. The summed E-state index contributed by atoms with van der Waals surface area (Å²) in [6, 6.07) is 16.6. The molecule has 0 saturated carbocycles. The van der Waals surface area contributed by atoms with Crippen molar-refractivity contribution in [3.63, 3.8) is 0 Å². The van der Waals surface area contributed by atoms with Gasteiger partial charge in [0.05, 0.1) is 19.4 Å². The Morgan fingerprint density at radius 3 is 2.68 bits per heavy atom. The molecule has 0 radical (unpaired) electrons. The van der Waals surface area contributed by atoms with E-state index in [2.05, 4.69) is 48.6 Å². The van der Waals surface area contributed by atoms with Crippen LogP contribution >= 0.6 is 0 Å². The SMILES string of the molecule is CCCCCCOc1ccc2ccccc2c1CNCc1ccco1. The predicted molar refractivity (Wildman–Crippen MR) is 103 cm³/mol. The molecule has 1 N–H and O–H groups in total. The van der Waals surface area contributed by atoms with Gasteiger partial charge in [-0.25, -0.2) is 0 Å². The lowest BCUT2D eigenvalue weighted by atomic mass is 10.0. The number of rotatable bonds is 10. The molecule has 132 valence electrons. The van der Waals surface area contributed by atoms with E-state index in [0.717, 1.165) is 31.1 Å². The first-order valence-corrected chi connectivity index (χ1v) is 9.25. The number of hydrogen-bond donors (Lipinski definition) is 1. The van der Waals surface area contributed by atoms with Gasteiger partial charge in [0, 0.05) is 12.1 Å². The number of fused-ring (bicyclic) bond motifs is 1. The van der Waals surface area contributed by atoms with Gasteiger partial charge in [-0.05, 0) is 35.4 Å². The normalized spacial score (nSPS) is 11.1. The van der Waals surface area contributed by atoms with Crippen molar-refractivity contribution in [3.05, 3.63) is 66.1 Å². The minimum absolute atomic E-state index is 0.714. The van der Waals surface area contributed by atoms with Crippen molar-refractivity contribution in [2.75, 3.05) is 6.61 Å². The minimum atomic E-state index is 0.714. The van der Waals surface area contributed by atoms with E-state index in [9.17, 15) is 0 Å². The van der Waals surface area contributed by atoms with Crippen LogP contribution in [0.1, 0.15) is 43.9 Å². The zero-order valence-electron chi connectivity index (χ0n) is 15.0. The lowest BCUT2D eigenvalue weighted by Gasteiger charge is -2.15. The van der Waals surface area contributed by atoms with Crippen molar-refractivity contribution >= 4 is 10.8 Å². The molecular formula is C22H27NO2. The molecule has 3 heteroatoms. The lowest BCUT2D eigenvalue weighted by molar-refractivity contribution is 0.301. The van der Waals surface area contributed by atoms with Crippen molar-refractivity contribution in [1.82, 2.24) is 5.32 Å². The Morgan fingerprint density at radius 1 is 0.920 bits per heavy atom. The Hall–Kier alpha value is -2.26. The molecule has 0 amide bonds. The molecule has 3 rings (SSSR count). The van der Waals surface area contributed by atoms with Crippen molar-refractivity contribution in [3.8, 4) is 5.75 Å². The number of ether oxygens (including phenoxy) is 1. The van der Waals surface area contributed by atoms with Gasteiger partial charge >= 0.3 is 0 Å². The van der Waals surface area contributed by atoms with Crippen LogP contribution in [0.4, 0.5) is 0 Å². The van der Waals surface area contributed by atoms with Crippen LogP contribution in [-0.4, -0.2) is 6.61 Å². The van der Waals surface area contributed by atoms with Gasteiger partial charge in [-0.15, -0.1) is 0 Å². The molecule has 0 aliphatic heterocycles. The summed E-state index contributed by atoms with van der Waals surface area (Å²) < 4.78 is 11.5. The van der Waals surface area contributed by atoms with E-state index in [1.54, 1.807) is 6.26 Å². The number of furan rings is 1. The molecule has 3 aromatic rings. The van der Waals surface area contributed by atoms with Crippen molar-refractivity contribution in [2.24, 2.45) is 0 Å². The first kappa shape index (κ1) is 17.6. The molecule has 3 nitrogen and oxygen atoms in total. The molecule has 1 heterocycles. The predicted octanol–water partition coefficient (Wildman–Crippen LogP) is 5.68. The molecule has 0 atom stereocenters. The number of benzene rings is 2. The molecular weight excluding hydrogens is 310 g/mol. The average Bonchev–Trinajstić information content (AvgIpc) is 3.16. The van der Waals surface area contributed by atoms with Crippen molar-refractivity contribution in [1.29, 1.82) is 0 Å². The van der Waals surface area contributed by atoms with E-state index < -0.39 is 0 Å². The largest absolute Gasteiger partial charge is 0.493 e. The molecule has 2 aromatic carbocycles. The van der Waals surface area contributed by atoms with Crippen LogP contribution in [-0.2, 0) is 13.1 Å². The first-order valence-electron chi connectivity index (χ1n) is 9.25. The summed E-state index contributed by atoms with van der Waals surface area (Å²) in [6.07, 6.45) is 6.58. The van der Waals surface area contributed by atoms with Crippen LogP contribution in [0.3, 0.4) is 0 Å². The zero-order valence-corrected chi connectivity index (χ0v) is 15.0. The monoisotopic (exact) mass is 337 g/mol. The minimum Gasteiger partial charge on any atom is -0.493 e. The molecule has 0 spiro atoms. The quantitative estimate of drug-likeness (QED) is 0.483. The summed E-state index contributed by atoms with van der Waals surface area (Å²) in [5, 5.41) is 5.97. The van der Waals surface area contributed by atoms with Gasteiger partial charge < -0.3 is 14.5 Å². The third kappa shape index (κ3) is 4.86. The maximum atomic E-state index is 6.12. The van der Waals surface area contributed by atoms with E-state index in [0.29, 0.717) is 6.54 Å². The molecule has 0 fully saturated rings. The second-order valence-corrected chi connectivity index (χ2v) is 6.36. The van der Waals surface area contributed by atoms with Gasteiger partial charge in [-0.3, -0.25) is 0 Å². The fraction of sp³-hybridized carbons (Fsp3) is 0.364. The summed E-state index contributed by atoms with van der Waals surface area (Å²) >= 11 is 0. The zero-order chi connectivity index (χ0) is 17.3. The number of unbranched alkanes of at least 4 members (excludes halogenated alkanes) is 3. The van der Waals surface area contributed by atoms with Crippen LogP contribution in [0.15, 0.2) is 59.2 Å². The van der Waals surface area contributed by atoms with E-state index in [4.69, 9.17) is 9.15 Å². The summed E-state index contributed by atoms with van der Waals surface area (Å²) in [6.45, 7) is 4.48. The van der Waals surface area contributed by atoms with Crippen LogP contribution in [0, 0.1) is 0 Å². The average molecular weight is 337 g/mol. The Labute approximate surface area is 150 Å². The maximum Gasteiger partial charge on any atom is 0.124 e. The second-order valence-electron chi connectivity index (χ2n) is 6.36. The van der Waals surface area contributed by atoms with Crippen LogP contribution in [0.25, 0.3) is 10.8 Å². The van der Waals surface area contributed by atoms with E-state index in [-0.39, 0.29) is 0 Å². The van der Waals surface area contributed by atoms with Crippen LogP contribution in [0.5, 0.6) is 5.75 Å². The molecule has 1 aromatic heterocycles. The summed E-state index contributed by atoms with van der Waals surface area (Å²) in [5.41, 5.74) is 1.22. The van der Waals surface area contributed by atoms with Crippen molar-refractivity contribution < 1.29 is 9.15 Å². The van der Waals surface area contributed by atoms with Gasteiger partial charge in [0.25, 0.3) is 0 Å². The van der Waals surface area contributed by atoms with E-state index in [1.807, 2.05) is 12.1 Å². The van der Waals surface area contributed by atoms with E-state index >= 15 is 0 Å². The third-order valence-electron chi connectivity index (χ3n) is 4.43. The van der Waals surface area contributed by atoms with Gasteiger partial charge in [0.2, 0.25) is 0 Å². The highest BCUT2D eigenvalue weighted by atomic mass is 16.5. The third-order valence-corrected chi connectivity index (χ3v) is 4.43. The van der Waals surface area contributed by atoms with Gasteiger partial charge in [0.15, 0.2) is 0 Å². The fourth-order valence-corrected chi connectivity index (χ4v) is 3.07. The molecule has 0 aliphatic carbocycles. The molecule has 0 aliphatic rings. The second kappa shape index (κ2) is 9.28. The molecule has 0 unspecified atom stereocenters. The maximum absolute atomic E-state index is 6.12. The smallest absolute Gasteiger partial charge is 0.124 e. The molecule has 0 bridgehead atoms. The van der Waals surface area contributed by atoms with Gasteiger partial charge in [-0.2, -0.15) is 0 Å².